The Morgan fingerprint density at radius 1 is 1.16 bits per heavy atom. The van der Waals surface area contributed by atoms with E-state index in [4.69, 9.17) is 9.47 Å². The van der Waals surface area contributed by atoms with Crippen LogP contribution >= 0.6 is 0 Å². The average molecular weight is 342 g/mol. The second-order valence-corrected chi connectivity index (χ2v) is 5.96. The molecule has 2 N–H and O–H groups in total. The molecule has 2 aromatic carbocycles. The van der Waals surface area contributed by atoms with Crippen LogP contribution in [0.15, 0.2) is 48.5 Å². The highest BCUT2D eigenvalue weighted by Crippen LogP contribution is 2.29. The molecule has 0 saturated heterocycles. The molecule has 2 rings (SSSR count). The molecule has 0 radical (unpaired) electrons. The van der Waals surface area contributed by atoms with Crippen molar-refractivity contribution in [2.24, 2.45) is 0 Å². The van der Waals surface area contributed by atoms with Crippen molar-refractivity contribution in [3.8, 4) is 5.75 Å². The number of carbonyl (C=O) groups is 1. The van der Waals surface area contributed by atoms with E-state index in [1.807, 2.05) is 37.3 Å². The molecule has 25 heavy (non-hydrogen) atoms. The molecule has 0 saturated carbocycles. The fourth-order valence-corrected chi connectivity index (χ4v) is 2.60. The summed E-state index contributed by atoms with van der Waals surface area (Å²) in [6.45, 7) is 2.28. The van der Waals surface area contributed by atoms with Crippen molar-refractivity contribution < 1.29 is 24.3 Å². The van der Waals surface area contributed by atoms with Gasteiger partial charge in [0.1, 0.15) is 12.4 Å². The summed E-state index contributed by atoms with van der Waals surface area (Å²) in [6.07, 6.45) is 0.923. The van der Waals surface area contributed by atoms with E-state index in [1.54, 1.807) is 18.2 Å². The van der Waals surface area contributed by atoms with Crippen LogP contribution in [0.5, 0.6) is 5.75 Å². The van der Waals surface area contributed by atoms with Crippen molar-refractivity contribution in [3.05, 3.63) is 59.7 Å². The van der Waals surface area contributed by atoms with Gasteiger partial charge in [-0.2, -0.15) is 0 Å². The normalized spacial score (nSPS) is 11.7. The van der Waals surface area contributed by atoms with Crippen LogP contribution in [0, 0.1) is 0 Å². The van der Waals surface area contributed by atoms with Crippen molar-refractivity contribution in [3.63, 3.8) is 0 Å². The Bertz CT molecular complexity index is 687. The summed E-state index contributed by atoms with van der Waals surface area (Å²) in [5.74, 6) is 0.414. The number of hydrogen-bond donors (Lipinski definition) is 2. The fourth-order valence-electron chi connectivity index (χ4n) is 2.60. The first-order chi connectivity index (χ1) is 12.0. The molecule has 0 aliphatic carbocycles. The zero-order valence-corrected chi connectivity index (χ0v) is 14.5. The molecule has 0 bridgehead atoms. The lowest BCUT2D eigenvalue weighted by atomic mass is 9.79. The van der Waals surface area contributed by atoms with Gasteiger partial charge in [0.2, 0.25) is 0 Å². The summed E-state index contributed by atoms with van der Waals surface area (Å²) in [6, 6.07) is 14.6. The number of rotatable bonds is 8. The van der Waals surface area contributed by atoms with E-state index >= 15 is 0 Å². The van der Waals surface area contributed by atoms with Crippen molar-refractivity contribution in [1.82, 2.24) is 0 Å². The summed E-state index contributed by atoms with van der Waals surface area (Å²) in [5, 5.41) is 18.5. The lowest BCUT2D eigenvalue weighted by Crippen LogP contribution is -2.29. The van der Waals surface area contributed by atoms with Gasteiger partial charge in [0.05, 0.1) is 7.11 Å². The molecule has 0 aliphatic heterocycles. The van der Waals surface area contributed by atoms with Crippen LogP contribution in [0.4, 0.5) is 0 Å². The van der Waals surface area contributed by atoms with Gasteiger partial charge in [-0.3, -0.25) is 4.79 Å². The van der Waals surface area contributed by atoms with E-state index in [2.05, 4.69) is 0 Å². The van der Waals surface area contributed by atoms with Crippen LogP contribution in [0.3, 0.4) is 0 Å². The number of carbonyl (C=O) groups excluding carboxylic acids is 1. The Labute approximate surface area is 148 Å². The highest BCUT2D eigenvalue weighted by molar-refractivity contribution is 6.58. The molecule has 0 aliphatic rings. The Morgan fingerprint density at radius 3 is 2.52 bits per heavy atom. The smallest absolute Gasteiger partial charge is 0.488 e. The molecular weight excluding hydrogens is 319 g/mol. The number of benzene rings is 2. The predicted octanol–water partition coefficient (Wildman–Crippen LogP) is 2.00. The molecule has 2 aromatic rings. The van der Waals surface area contributed by atoms with E-state index in [0.717, 1.165) is 11.1 Å². The molecule has 0 unspecified atom stereocenters. The third kappa shape index (κ3) is 5.62. The molecule has 0 fully saturated rings. The van der Waals surface area contributed by atoms with Crippen LogP contribution in [-0.2, 0) is 16.1 Å². The van der Waals surface area contributed by atoms with Crippen molar-refractivity contribution in [2.45, 2.75) is 32.3 Å². The van der Waals surface area contributed by atoms with Gasteiger partial charge in [-0.25, -0.2) is 0 Å². The van der Waals surface area contributed by atoms with E-state index in [0.29, 0.717) is 24.1 Å². The molecule has 0 spiro atoms. The Balaban J connectivity index is 1.89. The molecular formula is C19H23BO5. The summed E-state index contributed by atoms with van der Waals surface area (Å²) in [7, 11) is -0.000974. The molecule has 1 atom stereocenters. The van der Waals surface area contributed by atoms with Gasteiger partial charge in [-0.05, 0) is 35.0 Å². The monoisotopic (exact) mass is 342 g/mol. The van der Waals surface area contributed by atoms with Gasteiger partial charge in [-0.1, -0.05) is 49.4 Å². The maximum atomic E-state index is 11.9. The highest BCUT2D eigenvalue weighted by atomic mass is 16.5. The Kier molecular flexibility index (Phi) is 7.04. The first-order valence-corrected chi connectivity index (χ1v) is 8.24. The molecule has 0 heterocycles. The first kappa shape index (κ1) is 19.0. The summed E-state index contributed by atoms with van der Waals surface area (Å²) in [4.78, 5) is 11.9. The van der Waals surface area contributed by atoms with E-state index < -0.39 is 7.12 Å². The summed E-state index contributed by atoms with van der Waals surface area (Å²) < 4.78 is 10.6. The maximum absolute atomic E-state index is 11.9. The van der Waals surface area contributed by atoms with Gasteiger partial charge < -0.3 is 19.5 Å². The minimum atomic E-state index is -1.54. The minimum Gasteiger partial charge on any atom is -0.496 e. The lowest BCUT2D eigenvalue weighted by Gasteiger charge is -2.16. The molecule has 132 valence electrons. The van der Waals surface area contributed by atoms with Crippen molar-refractivity contribution in [2.75, 3.05) is 7.11 Å². The molecule has 0 aromatic heterocycles. The zero-order chi connectivity index (χ0) is 18.2. The minimum absolute atomic E-state index is 0.0733. The van der Waals surface area contributed by atoms with Gasteiger partial charge in [0, 0.05) is 6.42 Å². The lowest BCUT2D eigenvalue weighted by molar-refractivity contribution is -0.145. The zero-order valence-electron chi connectivity index (χ0n) is 14.5. The second kappa shape index (κ2) is 9.25. The third-order valence-corrected chi connectivity index (χ3v) is 4.11. The molecule has 5 nitrogen and oxygen atoms in total. The fraction of sp³-hybridized carbons (Fsp3) is 0.316. The third-order valence-electron chi connectivity index (χ3n) is 4.11. The number of esters is 1. The topological polar surface area (TPSA) is 76.0 Å². The van der Waals surface area contributed by atoms with Crippen LogP contribution in [0.2, 0.25) is 0 Å². The largest absolute Gasteiger partial charge is 0.496 e. The summed E-state index contributed by atoms with van der Waals surface area (Å²) in [5.41, 5.74) is 2.25. The predicted molar refractivity (Wildman–Crippen MR) is 96.7 cm³/mol. The standard InChI is InChI=1S/C19H23BO5/c1-14(17-10-9-16(20(22)23)12-18(17)24-2)8-11-19(21)25-13-15-6-4-3-5-7-15/h3-7,9-10,12,14,22-23H,8,11,13H2,1-2H3/t14-/m0/s1. The van der Waals surface area contributed by atoms with Gasteiger partial charge in [0.25, 0.3) is 0 Å². The molecule has 0 amide bonds. The summed E-state index contributed by atoms with van der Waals surface area (Å²) >= 11 is 0. The van der Waals surface area contributed by atoms with Crippen LogP contribution in [0.25, 0.3) is 0 Å². The van der Waals surface area contributed by atoms with Crippen molar-refractivity contribution >= 4 is 18.6 Å². The number of hydrogen-bond acceptors (Lipinski definition) is 5. The molecule has 6 heteroatoms. The van der Waals surface area contributed by atoms with E-state index in [-0.39, 0.29) is 18.5 Å². The van der Waals surface area contributed by atoms with Gasteiger partial charge >= 0.3 is 13.1 Å². The van der Waals surface area contributed by atoms with E-state index in [9.17, 15) is 14.8 Å². The first-order valence-electron chi connectivity index (χ1n) is 8.24. The highest BCUT2D eigenvalue weighted by Gasteiger charge is 2.18. The number of methoxy groups -OCH3 is 1. The number of ether oxygens (including phenoxy) is 2. The maximum Gasteiger partial charge on any atom is 0.488 e. The van der Waals surface area contributed by atoms with Gasteiger partial charge in [-0.15, -0.1) is 0 Å². The van der Waals surface area contributed by atoms with Gasteiger partial charge in [0.15, 0.2) is 0 Å². The van der Waals surface area contributed by atoms with Crippen molar-refractivity contribution in [1.29, 1.82) is 0 Å². The average Bonchev–Trinajstić information content (AvgIpc) is 2.64. The van der Waals surface area contributed by atoms with Crippen LogP contribution in [-0.4, -0.2) is 30.2 Å². The SMILES string of the molecule is COc1cc(B(O)O)ccc1[C@@H](C)CCC(=O)OCc1ccccc1. The van der Waals surface area contributed by atoms with Crippen LogP contribution < -0.4 is 10.2 Å². The van der Waals surface area contributed by atoms with Crippen LogP contribution in [0.1, 0.15) is 36.8 Å². The second-order valence-electron chi connectivity index (χ2n) is 5.96. The quantitative estimate of drug-likeness (QED) is 0.567. The van der Waals surface area contributed by atoms with E-state index in [1.165, 1.54) is 7.11 Å². The Hall–Kier alpha value is -2.31. The Morgan fingerprint density at radius 2 is 1.88 bits per heavy atom.